The Morgan fingerprint density at radius 3 is 2.34 bits per heavy atom. The fourth-order valence-electron chi connectivity index (χ4n) is 3.69. The molecular weight excluding hydrogens is 366 g/mol. The topological polar surface area (TPSA) is 54.0 Å². The fourth-order valence-corrected chi connectivity index (χ4v) is 3.69. The summed E-state index contributed by atoms with van der Waals surface area (Å²) < 4.78 is 10.6. The van der Waals surface area contributed by atoms with Gasteiger partial charge in [-0.05, 0) is 35.2 Å². The second kappa shape index (κ2) is 9.54. The third-order valence-electron chi connectivity index (χ3n) is 5.36. The van der Waals surface area contributed by atoms with Gasteiger partial charge in [-0.2, -0.15) is 0 Å². The Balaban J connectivity index is 1.54. The molecule has 0 aliphatic carbocycles. The van der Waals surface area contributed by atoms with Gasteiger partial charge in [0.15, 0.2) is 11.5 Å². The molecule has 6 heteroatoms. The predicted molar refractivity (Wildman–Crippen MR) is 116 cm³/mol. The van der Waals surface area contributed by atoms with Crippen LogP contribution in [0.15, 0.2) is 42.5 Å². The van der Waals surface area contributed by atoms with Gasteiger partial charge < -0.3 is 24.6 Å². The monoisotopic (exact) mass is 397 g/mol. The highest BCUT2D eigenvalue weighted by Gasteiger charge is 2.23. The van der Waals surface area contributed by atoms with Gasteiger partial charge in [0, 0.05) is 38.4 Å². The molecule has 0 atom stereocenters. The van der Waals surface area contributed by atoms with Crippen molar-refractivity contribution in [2.45, 2.75) is 26.3 Å². The van der Waals surface area contributed by atoms with Gasteiger partial charge in [-0.1, -0.05) is 38.1 Å². The molecule has 1 aliphatic rings. The van der Waals surface area contributed by atoms with E-state index in [0.717, 1.165) is 18.7 Å². The van der Waals surface area contributed by atoms with E-state index in [4.69, 9.17) is 9.47 Å². The van der Waals surface area contributed by atoms with Crippen molar-refractivity contribution >= 4 is 11.7 Å². The van der Waals surface area contributed by atoms with Crippen molar-refractivity contribution < 1.29 is 14.3 Å². The number of para-hydroxylation sites is 1. The minimum absolute atomic E-state index is 0.0309. The Morgan fingerprint density at radius 1 is 1.00 bits per heavy atom. The maximum absolute atomic E-state index is 12.6. The lowest BCUT2D eigenvalue weighted by atomic mass is 10.00. The zero-order valence-electron chi connectivity index (χ0n) is 17.8. The van der Waals surface area contributed by atoms with Gasteiger partial charge in [0.25, 0.3) is 0 Å². The highest BCUT2D eigenvalue weighted by molar-refractivity contribution is 5.74. The number of anilines is 1. The molecule has 3 rings (SSSR count). The number of nitrogens with zero attached hydrogens (tertiary/aromatic N) is 2. The molecule has 0 bridgehead atoms. The molecule has 2 amide bonds. The Hall–Kier alpha value is -2.89. The van der Waals surface area contributed by atoms with E-state index in [2.05, 4.69) is 48.3 Å². The number of piperazine rings is 1. The Kier molecular flexibility index (Phi) is 6.86. The van der Waals surface area contributed by atoms with E-state index >= 15 is 0 Å². The zero-order chi connectivity index (χ0) is 20.8. The molecule has 1 fully saturated rings. The van der Waals surface area contributed by atoms with E-state index in [1.165, 1.54) is 11.3 Å². The molecule has 156 valence electrons. The number of rotatable bonds is 6. The summed E-state index contributed by atoms with van der Waals surface area (Å²) in [5.74, 6) is 1.83. The van der Waals surface area contributed by atoms with Crippen LogP contribution in [-0.4, -0.2) is 51.3 Å². The number of hydrogen-bond donors (Lipinski definition) is 1. The molecule has 1 N–H and O–H groups in total. The molecule has 2 aromatic carbocycles. The van der Waals surface area contributed by atoms with Crippen LogP contribution in [0.1, 0.15) is 30.9 Å². The summed E-state index contributed by atoms with van der Waals surface area (Å²) in [6.07, 6.45) is 0. The molecular formula is C23H31N3O3. The summed E-state index contributed by atoms with van der Waals surface area (Å²) in [5.41, 5.74) is 3.62. The van der Waals surface area contributed by atoms with Crippen molar-refractivity contribution in [1.82, 2.24) is 10.2 Å². The SMILES string of the molecule is COc1ccc(CNC(=O)N2CCN(c3ccccc3C(C)C)CC2)cc1OC. The van der Waals surface area contributed by atoms with Gasteiger partial charge in [-0.15, -0.1) is 0 Å². The second-order valence-electron chi connectivity index (χ2n) is 7.54. The summed E-state index contributed by atoms with van der Waals surface area (Å²) >= 11 is 0. The molecule has 6 nitrogen and oxygen atoms in total. The van der Waals surface area contributed by atoms with Gasteiger partial charge in [0.05, 0.1) is 14.2 Å². The smallest absolute Gasteiger partial charge is 0.317 e. The minimum Gasteiger partial charge on any atom is -0.493 e. The first kappa shape index (κ1) is 20.8. The molecule has 0 saturated carbocycles. The van der Waals surface area contributed by atoms with Gasteiger partial charge in [-0.25, -0.2) is 4.79 Å². The molecule has 2 aromatic rings. The normalized spacial score (nSPS) is 14.1. The second-order valence-corrected chi connectivity index (χ2v) is 7.54. The lowest BCUT2D eigenvalue weighted by molar-refractivity contribution is 0.194. The van der Waals surface area contributed by atoms with E-state index in [0.29, 0.717) is 37.1 Å². The number of urea groups is 1. The third-order valence-corrected chi connectivity index (χ3v) is 5.36. The number of ether oxygens (including phenoxy) is 2. The van der Waals surface area contributed by atoms with Crippen molar-refractivity contribution in [2.24, 2.45) is 0 Å². The molecule has 29 heavy (non-hydrogen) atoms. The van der Waals surface area contributed by atoms with E-state index in [9.17, 15) is 4.79 Å². The Morgan fingerprint density at radius 2 is 1.69 bits per heavy atom. The van der Waals surface area contributed by atoms with E-state index in [1.54, 1.807) is 14.2 Å². The maximum Gasteiger partial charge on any atom is 0.317 e. The van der Waals surface area contributed by atoms with Crippen molar-refractivity contribution in [1.29, 1.82) is 0 Å². The number of hydrogen-bond acceptors (Lipinski definition) is 4. The van der Waals surface area contributed by atoms with Crippen LogP contribution in [0.25, 0.3) is 0 Å². The first-order valence-electron chi connectivity index (χ1n) is 10.1. The van der Waals surface area contributed by atoms with E-state index in [-0.39, 0.29) is 6.03 Å². The van der Waals surface area contributed by atoms with E-state index in [1.807, 2.05) is 23.1 Å². The lowest BCUT2D eigenvalue weighted by Gasteiger charge is -2.37. The van der Waals surface area contributed by atoms with Gasteiger partial charge >= 0.3 is 6.03 Å². The maximum atomic E-state index is 12.6. The third kappa shape index (κ3) is 4.94. The molecule has 0 spiro atoms. The average molecular weight is 398 g/mol. The summed E-state index contributed by atoms with van der Waals surface area (Å²) in [6, 6.07) is 14.2. The van der Waals surface area contributed by atoms with Crippen molar-refractivity contribution in [3.05, 3.63) is 53.6 Å². The fraction of sp³-hybridized carbons (Fsp3) is 0.435. The van der Waals surface area contributed by atoms with Crippen LogP contribution in [-0.2, 0) is 6.54 Å². The first-order chi connectivity index (χ1) is 14.0. The first-order valence-corrected chi connectivity index (χ1v) is 10.1. The minimum atomic E-state index is -0.0309. The van der Waals surface area contributed by atoms with Crippen molar-refractivity contribution in [2.75, 3.05) is 45.3 Å². The molecule has 1 heterocycles. The molecule has 1 saturated heterocycles. The summed E-state index contributed by atoms with van der Waals surface area (Å²) in [6.45, 7) is 8.00. The largest absolute Gasteiger partial charge is 0.493 e. The standard InChI is InChI=1S/C23H31N3O3/c1-17(2)19-7-5-6-8-20(19)25-11-13-26(14-12-25)23(27)24-16-18-9-10-21(28-3)22(15-18)29-4/h5-10,15,17H,11-14,16H2,1-4H3,(H,24,27). The number of nitrogens with one attached hydrogen (secondary N) is 1. The van der Waals surface area contributed by atoms with Crippen LogP contribution in [0.5, 0.6) is 11.5 Å². The van der Waals surface area contributed by atoms with Crippen molar-refractivity contribution in [3.8, 4) is 11.5 Å². The average Bonchev–Trinajstić information content (AvgIpc) is 2.77. The summed E-state index contributed by atoms with van der Waals surface area (Å²) in [5, 5.41) is 3.01. The van der Waals surface area contributed by atoms with Gasteiger partial charge in [-0.3, -0.25) is 0 Å². The van der Waals surface area contributed by atoms with Gasteiger partial charge in [0.1, 0.15) is 0 Å². The van der Waals surface area contributed by atoms with Gasteiger partial charge in [0.2, 0.25) is 0 Å². The highest BCUT2D eigenvalue weighted by atomic mass is 16.5. The lowest BCUT2D eigenvalue weighted by Crippen LogP contribution is -2.51. The number of carbonyl (C=O) groups is 1. The van der Waals surface area contributed by atoms with E-state index < -0.39 is 0 Å². The number of amides is 2. The van der Waals surface area contributed by atoms with Crippen LogP contribution in [0.2, 0.25) is 0 Å². The number of benzene rings is 2. The molecule has 0 radical (unpaired) electrons. The predicted octanol–water partition coefficient (Wildman–Crippen LogP) is 3.86. The molecule has 0 aromatic heterocycles. The van der Waals surface area contributed by atoms with Crippen molar-refractivity contribution in [3.63, 3.8) is 0 Å². The molecule has 0 unspecified atom stereocenters. The van der Waals surface area contributed by atoms with Crippen LogP contribution >= 0.6 is 0 Å². The van der Waals surface area contributed by atoms with Crippen LogP contribution in [0.3, 0.4) is 0 Å². The number of carbonyl (C=O) groups excluding carboxylic acids is 1. The van der Waals surface area contributed by atoms with Crippen LogP contribution < -0.4 is 19.7 Å². The molecule has 1 aliphatic heterocycles. The zero-order valence-corrected chi connectivity index (χ0v) is 17.8. The highest BCUT2D eigenvalue weighted by Crippen LogP contribution is 2.29. The summed E-state index contributed by atoms with van der Waals surface area (Å²) in [4.78, 5) is 16.9. The van der Waals surface area contributed by atoms with Crippen LogP contribution in [0.4, 0.5) is 10.5 Å². The summed E-state index contributed by atoms with van der Waals surface area (Å²) in [7, 11) is 3.22. The van der Waals surface area contributed by atoms with Crippen LogP contribution in [0, 0.1) is 0 Å². The Labute approximate surface area is 173 Å². The quantitative estimate of drug-likeness (QED) is 0.804. The number of methoxy groups -OCH3 is 2. The Bertz CT molecular complexity index is 830.